The minimum atomic E-state index is -0.350. The van der Waals surface area contributed by atoms with E-state index < -0.39 is 0 Å². The Bertz CT molecular complexity index is 806. The average Bonchev–Trinajstić information content (AvgIpc) is 3.10. The summed E-state index contributed by atoms with van der Waals surface area (Å²) in [5, 5.41) is 10.9. The van der Waals surface area contributed by atoms with Crippen molar-refractivity contribution >= 4 is 5.91 Å². The Kier molecular flexibility index (Phi) is 5.51. The van der Waals surface area contributed by atoms with E-state index in [1.54, 1.807) is 0 Å². The zero-order valence-electron chi connectivity index (χ0n) is 16.6. The largest absolute Gasteiger partial charge is 0.392 e. The van der Waals surface area contributed by atoms with Crippen LogP contribution in [-0.4, -0.2) is 62.6 Å². The van der Waals surface area contributed by atoms with Crippen molar-refractivity contribution in [2.45, 2.75) is 38.3 Å². The van der Waals surface area contributed by atoms with Crippen LogP contribution in [0.25, 0.3) is 0 Å². The Morgan fingerprint density at radius 1 is 1.25 bits per heavy atom. The van der Waals surface area contributed by atoms with Gasteiger partial charge in [-0.15, -0.1) is 0 Å². The van der Waals surface area contributed by atoms with Gasteiger partial charge in [-0.3, -0.25) is 9.69 Å². The molecule has 0 radical (unpaired) electrons. The SMILES string of the molecule is Cn1ccnc1CN1CC[C@@H](O)[C@]2(CCCN(C(=O)Cc3ccccc3)C2)C1. The van der Waals surface area contributed by atoms with Gasteiger partial charge < -0.3 is 14.6 Å². The molecule has 6 nitrogen and oxygen atoms in total. The number of hydrogen-bond acceptors (Lipinski definition) is 4. The first kappa shape index (κ1) is 19.2. The number of aromatic nitrogens is 2. The minimum absolute atomic E-state index is 0.165. The van der Waals surface area contributed by atoms with Gasteiger partial charge in [0.15, 0.2) is 0 Å². The van der Waals surface area contributed by atoms with Gasteiger partial charge in [0, 0.05) is 51.0 Å². The molecule has 1 aromatic heterocycles. The van der Waals surface area contributed by atoms with Crippen LogP contribution in [0.5, 0.6) is 0 Å². The Morgan fingerprint density at radius 3 is 2.82 bits per heavy atom. The number of imidazole rings is 1. The van der Waals surface area contributed by atoms with E-state index >= 15 is 0 Å². The van der Waals surface area contributed by atoms with Crippen molar-refractivity contribution in [3.05, 3.63) is 54.1 Å². The van der Waals surface area contributed by atoms with Gasteiger partial charge in [0.2, 0.25) is 5.91 Å². The second kappa shape index (κ2) is 8.05. The van der Waals surface area contributed by atoms with Crippen LogP contribution in [0.4, 0.5) is 0 Å². The number of likely N-dealkylation sites (tertiary alicyclic amines) is 2. The van der Waals surface area contributed by atoms with Crippen LogP contribution < -0.4 is 0 Å². The standard InChI is InChI=1S/C22H30N4O2/c1-24-13-10-23-20(24)15-25-12-8-19(27)22(16-25)9-5-11-26(17-22)21(28)14-18-6-3-2-4-7-18/h2-4,6-7,10,13,19,27H,5,8-9,11-12,14-17H2,1H3/t19-,22-/m1/s1. The maximum Gasteiger partial charge on any atom is 0.227 e. The van der Waals surface area contributed by atoms with Crippen LogP contribution in [0, 0.1) is 5.41 Å². The molecule has 150 valence electrons. The van der Waals surface area contributed by atoms with Crippen molar-refractivity contribution < 1.29 is 9.90 Å². The quantitative estimate of drug-likeness (QED) is 0.877. The molecule has 6 heteroatoms. The molecule has 0 saturated carbocycles. The summed E-state index contributed by atoms with van der Waals surface area (Å²) in [6, 6.07) is 9.92. The molecule has 2 fully saturated rings. The van der Waals surface area contributed by atoms with Crippen LogP contribution in [0.2, 0.25) is 0 Å². The zero-order valence-corrected chi connectivity index (χ0v) is 16.6. The van der Waals surface area contributed by atoms with Gasteiger partial charge in [0.1, 0.15) is 5.82 Å². The summed E-state index contributed by atoms with van der Waals surface area (Å²) in [6.07, 6.45) is 6.56. The molecule has 0 unspecified atom stereocenters. The van der Waals surface area contributed by atoms with Crippen LogP contribution in [-0.2, 0) is 24.8 Å². The van der Waals surface area contributed by atoms with Crippen molar-refractivity contribution in [3.8, 4) is 0 Å². The van der Waals surface area contributed by atoms with Gasteiger partial charge in [-0.2, -0.15) is 0 Å². The molecule has 2 aliphatic heterocycles. The summed E-state index contributed by atoms with van der Waals surface area (Å²) < 4.78 is 2.05. The number of piperidine rings is 2. The van der Waals surface area contributed by atoms with E-state index in [9.17, 15) is 9.90 Å². The molecular formula is C22H30N4O2. The van der Waals surface area contributed by atoms with Gasteiger partial charge in [0.25, 0.3) is 0 Å². The third-order valence-electron chi connectivity index (χ3n) is 6.41. The Balaban J connectivity index is 1.44. The van der Waals surface area contributed by atoms with Gasteiger partial charge in [-0.25, -0.2) is 4.98 Å². The van der Waals surface area contributed by atoms with Gasteiger partial charge in [-0.05, 0) is 24.8 Å². The van der Waals surface area contributed by atoms with E-state index in [2.05, 4.69) is 9.88 Å². The predicted octanol–water partition coefficient (Wildman–Crippen LogP) is 1.84. The van der Waals surface area contributed by atoms with E-state index in [-0.39, 0.29) is 17.4 Å². The number of amides is 1. The minimum Gasteiger partial charge on any atom is -0.392 e. The molecule has 2 aromatic rings. The fourth-order valence-electron chi connectivity index (χ4n) is 4.78. The van der Waals surface area contributed by atoms with Crippen molar-refractivity contribution in [1.82, 2.24) is 19.4 Å². The van der Waals surface area contributed by atoms with Gasteiger partial charge in [0.05, 0.1) is 19.1 Å². The lowest BCUT2D eigenvalue weighted by Gasteiger charge is -2.51. The van der Waals surface area contributed by atoms with Crippen molar-refractivity contribution in [2.24, 2.45) is 12.5 Å². The highest BCUT2D eigenvalue weighted by Gasteiger charge is 2.46. The predicted molar refractivity (Wildman–Crippen MR) is 108 cm³/mol. The molecule has 2 atom stereocenters. The Hall–Kier alpha value is -2.18. The smallest absolute Gasteiger partial charge is 0.227 e. The Morgan fingerprint density at radius 2 is 2.07 bits per heavy atom. The molecular weight excluding hydrogens is 352 g/mol. The lowest BCUT2D eigenvalue weighted by Crippen LogP contribution is -2.59. The van der Waals surface area contributed by atoms with E-state index in [0.29, 0.717) is 13.0 Å². The summed E-state index contributed by atoms with van der Waals surface area (Å²) in [6.45, 7) is 3.91. The number of hydrogen-bond donors (Lipinski definition) is 1. The maximum absolute atomic E-state index is 12.9. The number of rotatable bonds is 4. The van der Waals surface area contributed by atoms with Gasteiger partial charge in [-0.1, -0.05) is 30.3 Å². The lowest BCUT2D eigenvalue weighted by molar-refractivity contribution is -0.141. The fraction of sp³-hybridized carbons (Fsp3) is 0.545. The fourth-order valence-corrected chi connectivity index (χ4v) is 4.78. The molecule has 28 heavy (non-hydrogen) atoms. The molecule has 0 aliphatic carbocycles. The zero-order chi connectivity index (χ0) is 19.6. The summed E-state index contributed by atoms with van der Waals surface area (Å²) >= 11 is 0. The summed E-state index contributed by atoms with van der Waals surface area (Å²) in [5.41, 5.74) is 0.821. The summed E-state index contributed by atoms with van der Waals surface area (Å²) in [7, 11) is 2.02. The maximum atomic E-state index is 12.9. The summed E-state index contributed by atoms with van der Waals surface area (Å²) in [4.78, 5) is 21.7. The first-order chi connectivity index (χ1) is 13.6. The van der Waals surface area contributed by atoms with Crippen LogP contribution in [0.3, 0.4) is 0 Å². The molecule has 1 amide bonds. The van der Waals surface area contributed by atoms with Crippen molar-refractivity contribution in [2.75, 3.05) is 26.2 Å². The highest BCUT2D eigenvalue weighted by atomic mass is 16.3. The lowest BCUT2D eigenvalue weighted by atomic mass is 9.71. The first-order valence-corrected chi connectivity index (χ1v) is 10.2. The molecule has 1 N–H and O–H groups in total. The molecule has 2 aliphatic rings. The number of benzene rings is 1. The number of aliphatic hydroxyl groups is 1. The molecule has 2 saturated heterocycles. The number of carbonyl (C=O) groups is 1. The first-order valence-electron chi connectivity index (χ1n) is 10.2. The number of aryl methyl sites for hydroxylation is 1. The molecule has 1 spiro atoms. The molecule has 4 rings (SSSR count). The van der Waals surface area contributed by atoms with E-state index in [1.165, 1.54) is 0 Å². The molecule has 0 bridgehead atoms. The highest BCUT2D eigenvalue weighted by Crippen LogP contribution is 2.39. The second-order valence-electron chi connectivity index (χ2n) is 8.41. The average molecular weight is 383 g/mol. The van der Waals surface area contributed by atoms with Crippen molar-refractivity contribution in [1.29, 1.82) is 0 Å². The van der Waals surface area contributed by atoms with Gasteiger partial charge >= 0.3 is 0 Å². The van der Waals surface area contributed by atoms with Crippen LogP contribution >= 0.6 is 0 Å². The van der Waals surface area contributed by atoms with E-state index in [1.807, 2.05) is 59.2 Å². The highest BCUT2D eigenvalue weighted by molar-refractivity contribution is 5.79. The Labute approximate surface area is 166 Å². The summed E-state index contributed by atoms with van der Waals surface area (Å²) in [5.74, 6) is 1.21. The monoisotopic (exact) mass is 382 g/mol. The topological polar surface area (TPSA) is 61.6 Å². The van der Waals surface area contributed by atoms with Crippen molar-refractivity contribution in [3.63, 3.8) is 0 Å². The molecule has 1 aromatic carbocycles. The number of carbonyl (C=O) groups excluding carboxylic acids is 1. The second-order valence-corrected chi connectivity index (χ2v) is 8.41. The normalized spacial score (nSPS) is 25.9. The van der Waals surface area contributed by atoms with Crippen LogP contribution in [0.15, 0.2) is 42.7 Å². The van der Waals surface area contributed by atoms with E-state index in [0.717, 1.165) is 56.8 Å². The third-order valence-corrected chi connectivity index (χ3v) is 6.41. The van der Waals surface area contributed by atoms with E-state index in [4.69, 9.17) is 0 Å². The third kappa shape index (κ3) is 3.98. The van der Waals surface area contributed by atoms with Crippen LogP contribution in [0.1, 0.15) is 30.7 Å². The number of aliphatic hydroxyl groups excluding tert-OH is 1. The number of nitrogens with zero attached hydrogens (tertiary/aromatic N) is 4. The molecule has 3 heterocycles.